The third kappa shape index (κ3) is 7.56. The summed E-state index contributed by atoms with van der Waals surface area (Å²) in [6.07, 6.45) is 3.86. The monoisotopic (exact) mass is 486 g/mol. The number of hydrogen-bond donors (Lipinski definition) is 2. The first-order valence-corrected chi connectivity index (χ1v) is 11.9. The fourth-order valence-electron chi connectivity index (χ4n) is 4.66. The standard InChI is InChI=1S/C26H34N2O7/c1-26(2,3)35-24(32)19-9-11-21(18(15-19)10-12-22(29)30)28-14-13-20(23(28)31)27-25(33)34-16-17-7-5-4-6-8-17/h4-8,10,12,18-21H,9,11,13-16H2,1-3H3,(H,27,33)(H,29,30)/t18?,19?,20-,21-/m0/s1. The maximum absolute atomic E-state index is 13.1. The summed E-state index contributed by atoms with van der Waals surface area (Å²) in [6.45, 7) is 5.95. The molecule has 1 aromatic rings. The number of rotatable bonds is 7. The maximum atomic E-state index is 13.1. The summed E-state index contributed by atoms with van der Waals surface area (Å²) < 4.78 is 10.8. The van der Waals surface area contributed by atoms with E-state index in [-0.39, 0.29) is 36.4 Å². The van der Waals surface area contributed by atoms with Gasteiger partial charge in [-0.3, -0.25) is 9.59 Å². The number of benzene rings is 1. The van der Waals surface area contributed by atoms with E-state index in [1.165, 1.54) is 0 Å². The predicted octanol–water partition coefficient (Wildman–Crippen LogP) is 3.28. The lowest BCUT2D eigenvalue weighted by molar-refractivity contribution is -0.162. The van der Waals surface area contributed by atoms with Crippen LogP contribution in [0.1, 0.15) is 52.0 Å². The number of likely N-dealkylation sites (tertiary alicyclic amines) is 1. The van der Waals surface area contributed by atoms with Gasteiger partial charge < -0.3 is 24.8 Å². The number of carbonyl (C=O) groups excluding carboxylic acids is 3. The maximum Gasteiger partial charge on any atom is 0.408 e. The van der Waals surface area contributed by atoms with E-state index < -0.39 is 23.7 Å². The largest absolute Gasteiger partial charge is 0.478 e. The average molecular weight is 487 g/mol. The Morgan fingerprint density at radius 1 is 1.14 bits per heavy atom. The number of nitrogens with one attached hydrogen (secondary N) is 1. The van der Waals surface area contributed by atoms with Crippen molar-refractivity contribution in [3.05, 3.63) is 48.0 Å². The molecule has 2 N–H and O–H groups in total. The second-order valence-corrected chi connectivity index (χ2v) is 10.1. The molecule has 1 aromatic carbocycles. The zero-order valence-corrected chi connectivity index (χ0v) is 20.4. The van der Waals surface area contributed by atoms with Crippen LogP contribution in [-0.2, 0) is 30.5 Å². The van der Waals surface area contributed by atoms with Crippen molar-refractivity contribution >= 4 is 23.9 Å². The molecule has 9 heteroatoms. The summed E-state index contributed by atoms with van der Waals surface area (Å²) in [6, 6.07) is 8.29. The summed E-state index contributed by atoms with van der Waals surface area (Å²) in [7, 11) is 0. The number of hydrogen-bond acceptors (Lipinski definition) is 6. The third-order valence-electron chi connectivity index (χ3n) is 6.23. The molecule has 1 saturated carbocycles. The molecule has 4 atom stereocenters. The summed E-state index contributed by atoms with van der Waals surface area (Å²) in [5.41, 5.74) is 0.232. The average Bonchev–Trinajstić information content (AvgIpc) is 3.15. The number of aliphatic carboxylic acids is 1. The summed E-state index contributed by atoms with van der Waals surface area (Å²) >= 11 is 0. The van der Waals surface area contributed by atoms with Crippen molar-refractivity contribution in [1.29, 1.82) is 0 Å². The Bertz CT molecular complexity index is 954. The molecule has 0 aromatic heterocycles. The van der Waals surface area contributed by atoms with Crippen molar-refractivity contribution in [3.8, 4) is 0 Å². The summed E-state index contributed by atoms with van der Waals surface area (Å²) in [4.78, 5) is 50.8. The predicted molar refractivity (Wildman–Crippen MR) is 127 cm³/mol. The van der Waals surface area contributed by atoms with Crippen LogP contribution in [0.15, 0.2) is 42.5 Å². The van der Waals surface area contributed by atoms with E-state index in [4.69, 9.17) is 14.6 Å². The molecule has 0 radical (unpaired) electrons. The zero-order valence-electron chi connectivity index (χ0n) is 20.4. The Morgan fingerprint density at radius 2 is 1.86 bits per heavy atom. The van der Waals surface area contributed by atoms with Crippen molar-refractivity contribution in [1.82, 2.24) is 10.2 Å². The number of carboxylic acids is 1. The van der Waals surface area contributed by atoms with Crippen molar-refractivity contribution in [2.24, 2.45) is 11.8 Å². The van der Waals surface area contributed by atoms with Gasteiger partial charge in [0.05, 0.1) is 5.92 Å². The van der Waals surface area contributed by atoms with Gasteiger partial charge >= 0.3 is 18.0 Å². The van der Waals surface area contributed by atoms with Gasteiger partial charge in [-0.1, -0.05) is 36.4 Å². The van der Waals surface area contributed by atoms with E-state index in [9.17, 15) is 19.2 Å². The second-order valence-electron chi connectivity index (χ2n) is 10.1. The molecule has 1 heterocycles. The fraction of sp³-hybridized carbons (Fsp3) is 0.538. The highest BCUT2D eigenvalue weighted by molar-refractivity contribution is 5.88. The smallest absolute Gasteiger partial charge is 0.408 e. The topological polar surface area (TPSA) is 122 Å². The highest BCUT2D eigenvalue weighted by Gasteiger charge is 2.43. The van der Waals surface area contributed by atoms with Gasteiger partial charge in [-0.25, -0.2) is 9.59 Å². The van der Waals surface area contributed by atoms with E-state index in [0.29, 0.717) is 32.2 Å². The quantitative estimate of drug-likeness (QED) is 0.448. The summed E-state index contributed by atoms with van der Waals surface area (Å²) in [5, 5.41) is 11.8. The minimum absolute atomic E-state index is 0.105. The van der Waals surface area contributed by atoms with Crippen LogP contribution in [0.5, 0.6) is 0 Å². The zero-order chi connectivity index (χ0) is 25.6. The van der Waals surface area contributed by atoms with Crippen LogP contribution >= 0.6 is 0 Å². The van der Waals surface area contributed by atoms with Crippen LogP contribution in [0, 0.1) is 11.8 Å². The lowest BCUT2D eigenvalue weighted by Crippen LogP contribution is -2.49. The van der Waals surface area contributed by atoms with E-state index in [0.717, 1.165) is 11.6 Å². The number of carboxylic acid groups (broad SMARTS) is 1. The van der Waals surface area contributed by atoms with Crippen LogP contribution in [0.2, 0.25) is 0 Å². The number of carbonyl (C=O) groups is 4. The lowest BCUT2D eigenvalue weighted by Gasteiger charge is -2.39. The molecule has 1 aliphatic carbocycles. The number of alkyl carbamates (subject to hydrolysis) is 1. The Labute approximate surface area is 205 Å². The van der Waals surface area contributed by atoms with Crippen molar-refractivity contribution < 1.29 is 33.8 Å². The van der Waals surface area contributed by atoms with Gasteiger partial charge in [-0.15, -0.1) is 0 Å². The molecule has 2 unspecified atom stereocenters. The Balaban J connectivity index is 1.61. The molecule has 2 aliphatic rings. The molecule has 0 spiro atoms. The molecule has 35 heavy (non-hydrogen) atoms. The normalized spacial score (nSPS) is 24.9. The van der Waals surface area contributed by atoms with Gasteiger partial charge in [-0.2, -0.15) is 0 Å². The number of amides is 2. The molecular formula is C26H34N2O7. The SMILES string of the molecule is CC(C)(C)OC(=O)C1CC[C@H](N2CC[C@H](NC(=O)OCc3ccccc3)C2=O)C(C=CC(=O)O)C1. The van der Waals surface area contributed by atoms with E-state index >= 15 is 0 Å². The number of nitrogens with zero attached hydrogens (tertiary/aromatic N) is 1. The first-order chi connectivity index (χ1) is 16.5. The van der Waals surface area contributed by atoms with Crippen molar-refractivity contribution in [2.45, 2.75) is 70.7 Å². The highest BCUT2D eigenvalue weighted by Crippen LogP contribution is 2.36. The van der Waals surface area contributed by atoms with Gasteiger partial charge in [0.15, 0.2) is 0 Å². The number of esters is 1. The third-order valence-corrected chi connectivity index (χ3v) is 6.23. The van der Waals surface area contributed by atoms with Gasteiger partial charge in [0.25, 0.3) is 0 Å². The van der Waals surface area contributed by atoms with Crippen LogP contribution in [0.3, 0.4) is 0 Å². The molecule has 9 nitrogen and oxygen atoms in total. The molecule has 190 valence electrons. The van der Waals surface area contributed by atoms with Crippen LogP contribution in [-0.4, -0.2) is 58.2 Å². The highest BCUT2D eigenvalue weighted by atomic mass is 16.6. The molecule has 1 aliphatic heterocycles. The Morgan fingerprint density at radius 3 is 2.51 bits per heavy atom. The van der Waals surface area contributed by atoms with Gasteiger partial charge in [-0.05, 0) is 57.9 Å². The van der Waals surface area contributed by atoms with Crippen molar-refractivity contribution in [2.75, 3.05) is 6.54 Å². The fourth-order valence-corrected chi connectivity index (χ4v) is 4.66. The van der Waals surface area contributed by atoms with Crippen LogP contribution in [0.4, 0.5) is 4.79 Å². The molecular weight excluding hydrogens is 452 g/mol. The minimum atomic E-state index is -1.09. The van der Waals surface area contributed by atoms with E-state index in [2.05, 4.69) is 5.32 Å². The first-order valence-electron chi connectivity index (χ1n) is 11.9. The lowest BCUT2D eigenvalue weighted by atomic mass is 9.77. The van der Waals surface area contributed by atoms with E-state index in [1.54, 1.807) is 31.7 Å². The first kappa shape index (κ1) is 26.2. The molecule has 2 fully saturated rings. The second kappa shape index (κ2) is 11.4. The van der Waals surface area contributed by atoms with Crippen LogP contribution < -0.4 is 5.32 Å². The molecule has 0 bridgehead atoms. The van der Waals surface area contributed by atoms with E-state index in [1.807, 2.05) is 30.3 Å². The Kier molecular flexibility index (Phi) is 8.53. The Hall–Kier alpha value is -3.36. The van der Waals surface area contributed by atoms with Crippen molar-refractivity contribution in [3.63, 3.8) is 0 Å². The van der Waals surface area contributed by atoms with Gasteiger partial charge in [0, 0.05) is 18.7 Å². The van der Waals surface area contributed by atoms with Gasteiger partial charge in [0.1, 0.15) is 18.2 Å². The summed E-state index contributed by atoms with van der Waals surface area (Å²) in [5.74, 6) is -2.30. The number of ether oxygens (including phenoxy) is 2. The molecule has 2 amide bonds. The molecule has 3 rings (SSSR count). The van der Waals surface area contributed by atoms with Crippen LogP contribution in [0.25, 0.3) is 0 Å². The molecule has 1 saturated heterocycles. The van der Waals surface area contributed by atoms with Gasteiger partial charge in [0.2, 0.25) is 5.91 Å². The minimum Gasteiger partial charge on any atom is -0.478 e.